The van der Waals surface area contributed by atoms with Crippen LogP contribution in [0, 0.1) is 18.8 Å². The highest BCUT2D eigenvalue weighted by atomic mass is 16.7. The van der Waals surface area contributed by atoms with Crippen LogP contribution >= 0.6 is 0 Å². The molecular weight excluding hydrogens is 298 g/mol. The van der Waals surface area contributed by atoms with Gasteiger partial charge in [-0.15, -0.1) is 0 Å². The number of anilines is 1. The molecule has 1 fully saturated rings. The lowest BCUT2D eigenvalue weighted by molar-refractivity contribution is -0.115. The number of methoxy groups -OCH3 is 2. The Hall–Kier alpha value is -1.06. The lowest BCUT2D eigenvalue weighted by Crippen LogP contribution is -2.35. The van der Waals surface area contributed by atoms with E-state index in [1.807, 2.05) is 0 Å². The van der Waals surface area contributed by atoms with Gasteiger partial charge in [0.1, 0.15) is 0 Å². The van der Waals surface area contributed by atoms with E-state index in [9.17, 15) is 0 Å². The third-order valence-electron chi connectivity index (χ3n) is 5.63. The maximum absolute atomic E-state index is 5.35. The van der Waals surface area contributed by atoms with Crippen molar-refractivity contribution in [3.8, 4) is 0 Å². The molecule has 0 saturated carbocycles. The number of hydrogen-bond acceptors (Lipinski definition) is 3. The van der Waals surface area contributed by atoms with Crippen LogP contribution in [0.4, 0.5) is 5.69 Å². The largest absolute Gasteiger partial charge is 0.372 e. The topological polar surface area (TPSA) is 21.7 Å². The number of ether oxygens (including phenoxy) is 2. The number of aryl methyl sites for hydroxylation is 1. The van der Waals surface area contributed by atoms with Crippen LogP contribution in [0.25, 0.3) is 0 Å². The smallest absolute Gasteiger partial charge is 0.157 e. The zero-order valence-corrected chi connectivity index (χ0v) is 16.2. The minimum Gasteiger partial charge on any atom is -0.372 e. The predicted octanol–water partition coefficient (Wildman–Crippen LogP) is 4.81. The summed E-state index contributed by atoms with van der Waals surface area (Å²) >= 11 is 0. The van der Waals surface area contributed by atoms with Gasteiger partial charge in [-0.2, -0.15) is 0 Å². The van der Waals surface area contributed by atoms with Gasteiger partial charge in [-0.1, -0.05) is 26.3 Å². The van der Waals surface area contributed by atoms with Crippen LogP contribution in [0.3, 0.4) is 0 Å². The Kier molecular flexibility index (Phi) is 7.57. The first kappa shape index (κ1) is 19.3. The van der Waals surface area contributed by atoms with Gasteiger partial charge < -0.3 is 14.4 Å². The summed E-state index contributed by atoms with van der Waals surface area (Å²) in [5, 5.41) is 0. The van der Waals surface area contributed by atoms with Crippen LogP contribution in [0.15, 0.2) is 18.2 Å². The first-order valence-corrected chi connectivity index (χ1v) is 9.47. The summed E-state index contributed by atoms with van der Waals surface area (Å²) < 4.78 is 10.7. The fourth-order valence-electron chi connectivity index (χ4n) is 3.58. The molecule has 0 bridgehead atoms. The molecule has 136 valence electrons. The highest BCUT2D eigenvalue weighted by molar-refractivity contribution is 5.51. The van der Waals surface area contributed by atoms with E-state index in [1.165, 1.54) is 42.5 Å². The number of benzene rings is 1. The van der Waals surface area contributed by atoms with Gasteiger partial charge in [0.15, 0.2) is 6.29 Å². The Morgan fingerprint density at radius 3 is 2.42 bits per heavy atom. The molecule has 1 aliphatic rings. The van der Waals surface area contributed by atoms with Gasteiger partial charge in [0, 0.05) is 39.4 Å². The molecule has 0 unspecified atom stereocenters. The molecule has 1 aromatic rings. The quantitative estimate of drug-likeness (QED) is 0.637. The van der Waals surface area contributed by atoms with Crippen molar-refractivity contribution in [1.29, 1.82) is 0 Å². The molecule has 3 heteroatoms. The lowest BCUT2D eigenvalue weighted by atomic mass is 9.92. The molecule has 1 saturated heterocycles. The van der Waals surface area contributed by atoms with Crippen molar-refractivity contribution in [3.05, 3.63) is 29.3 Å². The summed E-state index contributed by atoms with van der Waals surface area (Å²) in [6, 6.07) is 7.02. The summed E-state index contributed by atoms with van der Waals surface area (Å²) in [5.41, 5.74) is 4.34. The van der Waals surface area contributed by atoms with Gasteiger partial charge in [0.05, 0.1) is 0 Å². The van der Waals surface area contributed by atoms with E-state index in [0.29, 0.717) is 5.92 Å². The maximum Gasteiger partial charge on any atom is 0.157 e. The first-order valence-electron chi connectivity index (χ1n) is 9.47. The van der Waals surface area contributed by atoms with E-state index < -0.39 is 0 Å². The molecule has 3 nitrogen and oxygen atoms in total. The normalized spacial score (nSPS) is 17.5. The average molecular weight is 334 g/mol. The van der Waals surface area contributed by atoms with Crippen LogP contribution < -0.4 is 4.90 Å². The number of piperidine rings is 1. The summed E-state index contributed by atoms with van der Waals surface area (Å²) in [5.74, 6) is 1.46. The Morgan fingerprint density at radius 1 is 1.17 bits per heavy atom. The fraction of sp³-hybridized carbons (Fsp3) is 0.714. The number of nitrogens with zero attached hydrogens (tertiary/aromatic N) is 1. The lowest BCUT2D eigenvalue weighted by Gasteiger charge is -2.35. The van der Waals surface area contributed by atoms with Crippen molar-refractivity contribution >= 4 is 5.69 Å². The van der Waals surface area contributed by atoms with Gasteiger partial charge in [-0.05, 0) is 61.3 Å². The van der Waals surface area contributed by atoms with Crippen molar-refractivity contribution < 1.29 is 9.47 Å². The Balaban J connectivity index is 1.95. The summed E-state index contributed by atoms with van der Waals surface area (Å²) in [6.07, 6.45) is 5.83. The summed E-state index contributed by atoms with van der Waals surface area (Å²) in [4.78, 5) is 2.55. The molecule has 0 spiro atoms. The fourth-order valence-corrected chi connectivity index (χ4v) is 3.58. The Labute approximate surface area is 148 Å². The first-order chi connectivity index (χ1) is 11.6. The number of rotatable bonds is 8. The molecule has 0 aliphatic carbocycles. The van der Waals surface area contributed by atoms with E-state index in [1.54, 1.807) is 14.2 Å². The van der Waals surface area contributed by atoms with Crippen molar-refractivity contribution in [2.45, 2.75) is 59.2 Å². The van der Waals surface area contributed by atoms with E-state index >= 15 is 0 Å². The van der Waals surface area contributed by atoms with E-state index in [4.69, 9.17) is 9.47 Å². The minimum absolute atomic E-state index is 0.0527. The van der Waals surface area contributed by atoms with Gasteiger partial charge in [-0.25, -0.2) is 0 Å². The second-order valence-corrected chi connectivity index (χ2v) is 7.40. The van der Waals surface area contributed by atoms with Crippen molar-refractivity contribution in [1.82, 2.24) is 0 Å². The van der Waals surface area contributed by atoms with Crippen LogP contribution in [-0.2, 0) is 15.9 Å². The third-order valence-corrected chi connectivity index (χ3v) is 5.63. The standard InChI is InChI=1S/C21H35NO2/c1-6-16(2)13-19-15-20(8-7-17(19)3)22-11-9-18(10-12-22)14-21(23-4)24-5/h7-8,15-16,18,21H,6,9-14H2,1-5H3/t16-/m1/s1. The van der Waals surface area contributed by atoms with Crippen molar-refractivity contribution in [2.75, 3.05) is 32.2 Å². The highest BCUT2D eigenvalue weighted by Gasteiger charge is 2.23. The zero-order valence-electron chi connectivity index (χ0n) is 16.2. The highest BCUT2D eigenvalue weighted by Crippen LogP contribution is 2.29. The molecule has 0 radical (unpaired) electrons. The molecule has 0 N–H and O–H groups in total. The molecule has 2 rings (SSSR count). The maximum atomic E-state index is 5.35. The summed E-state index contributed by atoms with van der Waals surface area (Å²) in [6.45, 7) is 9.14. The average Bonchev–Trinajstić information content (AvgIpc) is 2.62. The number of hydrogen-bond donors (Lipinski definition) is 0. The monoisotopic (exact) mass is 333 g/mol. The van der Waals surface area contributed by atoms with Crippen molar-refractivity contribution in [3.63, 3.8) is 0 Å². The van der Waals surface area contributed by atoms with Crippen LogP contribution in [0.5, 0.6) is 0 Å². The van der Waals surface area contributed by atoms with Crippen LogP contribution in [0.1, 0.15) is 50.7 Å². The SMILES string of the molecule is CC[C@@H](C)Cc1cc(N2CCC(CC(OC)OC)CC2)ccc1C. The van der Waals surface area contributed by atoms with Gasteiger partial charge in [0.2, 0.25) is 0 Å². The van der Waals surface area contributed by atoms with Crippen LogP contribution in [-0.4, -0.2) is 33.6 Å². The minimum atomic E-state index is -0.0527. The Bertz CT molecular complexity index is 491. The molecular formula is C21H35NO2. The molecule has 1 aliphatic heterocycles. The van der Waals surface area contributed by atoms with Gasteiger partial charge >= 0.3 is 0 Å². The molecule has 1 aromatic carbocycles. The second kappa shape index (κ2) is 9.43. The van der Waals surface area contributed by atoms with E-state index in [2.05, 4.69) is 43.9 Å². The molecule has 0 amide bonds. The third kappa shape index (κ3) is 5.22. The van der Waals surface area contributed by atoms with Crippen LogP contribution in [0.2, 0.25) is 0 Å². The van der Waals surface area contributed by atoms with E-state index in [-0.39, 0.29) is 6.29 Å². The van der Waals surface area contributed by atoms with Crippen molar-refractivity contribution in [2.24, 2.45) is 11.8 Å². The molecule has 1 atom stereocenters. The zero-order chi connectivity index (χ0) is 17.5. The Morgan fingerprint density at radius 2 is 1.83 bits per heavy atom. The second-order valence-electron chi connectivity index (χ2n) is 7.40. The van der Waals surface area contributed by atoms with Gasteiger partial charge in [0.25, 0.3) is 0 Å². The molecule has 0 aromatic heterocycles. The summed E-state index contributed by atoms with van der Waals surface area (Å²) in [7, 11) is 3.46. The predicted molar refractivity (Wildman–Crippen MR) is 102 cm³/mol. The van der Waals surface area contributed by atoms with Gasteiger partial charge in [-0.3, -0.25) is 0 Å². The van der Waals surface area contributed by atoms with E-state index in [0.717, 1.165) is 25.4 Å². The molecule has 1 heterocycles. The molecule has 24 heavy (non-hydrogen) atoms.